The van der Waals surface area contributed by atoms with Gasteiger partial charge in [0.15, 0.2) is 6.10 Å². The minimum Gasteiger partial charge on any atom is -0.493 e. The average molecular weight is 296 g/mol. The molecule has 0 N–H and O–H groups in total. The maximum absolute atomic E-state index is 12.7. The summed E-state index contributed by atoms with van der Waals surface area (Å²) in [6.45, 7) is 2.59. The molecule has 2 heterocycles. The molecule has 0 amide bonds. The highest BCUT2D eigenvalue weighted by molar-refractivity contribution is 6.07. The van der Waals surface area contributed by atoms with E-state index >= 15 is 0 Å². The zero-order valence-electron chi connectivity index (χ0n) is 12.2. The summed E-state index contributed by atoms with van der Waals surface area (Å²) in [7, 11) is 0. The molecule has 4 heteroatoms. The van der Waals surface area contributed by atoms with Gasteiger partial charge in [-0.3, -0.25) is 4.79 Å². The van der Waals surface area contributed by atoms with Gasteiger partial charge >= 0.3 is 0 Å². The first-order chi connectivity index (χ1) is 10.8. The van der Waals surface area contributed by atoms with Gasteiger partial charge in [-0.05, 0) is 18.6 Å². The number of carbonyl (C=O) groups excluding carboxylic acids is 1. The molecule has 0 bridgehead atoms. The lowest BCUT2D eigenvalue weighted by Gasteiger charge is -2.23. The predicted octanol–water partition coefficient (Wildman–Crippen LogP) is 3.30. The van der Waals surface area contributed by atoms with Crippen LogP contribution in [0.5, 0.6) is 11.5 Å². The van der Waals surface area contributed by atoms with Crippen LogP contribution < -0.4 is 9.47 Å². The van der Waals surface area contributed by atoms with Crippen LogP contribution in [-0.2, 0) is 10.5 Å². The van der Waals surface area contributed by atoms with Crippen molar-refractivity contribution in [1.29, 1.82) is 0 Å². The van der Waals surface area contributed by atoms with Gasteiger partial charge in [0.1, 0.15) is 17.1 Å². The van der Waals surface area contributed by atoms with Crippen LogP contribution in [0.2, 0.25) is 0 Å². The number of Topliss-reactive ketones (excluding diaryl/α,β-unsaturated/α-hetero) is 1. The van der Waals surface area contributed by atoms with Crippen molar-refractivity contribution in [3.63, 3.8) is 0 Å². The highest BCUT2D eigenvalue weighted by atomic mass is 16.8. The fourth-order valence-electron chi connectivity index (χ4n) is 2.86. The molecule has 0 radical (unpaired) electrons. The van der Waals surface area contributed by atoms with E-state index in [9.17, 15) is 4.79 Å². The van der Waals surface area contributed by atoms with Crippen molar-refractivity contribution < 1.29 is 19.0 Å². The van der Waals surface area contributed by atoms with Crippen molar-refractivity contribution in [2.75, 3.05) is 6.61 Å². The Morgan fingerprint density at radius 1 is 1.14 bits per heavy atom. The van der Waals surface area contributed by atoms with E-state index in [0.29, 0.717) is 23.7 Å². The number of fused-ring (bicyclic) bond motifs is 2. The van der Waals surface area contributed by atoms with E-state index in [1.807, 2.05) is 43.3 Å². The standard InChI is InChI=1S/C18H16O4/c1-2-11-20-13-9-6-10-14-15(13)16(19)17-18(21-14,22-17)12-7-4-3-5-8-12/h3-10,17H,2,11H2,1H3. The van der Waals surface area contributed by atoms with Crippen LogP contribution in [0, 0.1) is 0 Å². The average Bonchev–Trinajstić information content (AvgIpc) is 3.30. The molecule has 2 aliphatic rings. The second kappa shape index (κ2) is 4.85. The van der Waals surface area contributed by atoms with Gasteiger partial charge in [0.05, 0.1) is 6.61 Å². The summed E-state index contributed by atoms with van der Waals surface area (Å²) in [5.41, 5.74) is 1.35. The van der Waals surface area contributed by atoms with Crippen molar-refractivity contribution in [2.45, 2.75) is 25.2 Å². The van der Waals surface area contributed by atoms with Gasteiger partial charge in [-0.2, -0.15) is 0 Å². The molecule has 4 nitrogen and oxygen atoms in total. The predicted molar refractivity (Wildman–Crippen MR) is 80.2 cm³/mol. The first-order valence-electron chi connectivity index (χ1n) is 7.48. The first kappa shape index (κ1) is 13.3. The van der Waals surface area contributed by atoms with Gasteiger partial charge in [0, 0.05) is 5.56 Å². The van der Waals surface area contributed by atoms with Crippen molar-refractivity contribution in [1.82, 2.24) is 0 Å². The molecule has 1 saturated heterocycles. The summed E-state index contributed by atoms with van der Waals surface area (Å²) >= 11 is 0. The molecule has 0 aromatic heterocycles. The molecule has 112 valence electrons. The lowest BCUT2D eigenvalue weighted by molar-refractivity contribution is 0.0567. The van der Waals surface area contributed by atoms with Crippen LogP contribution in [0.15, 0.2) is 48.5 Å². The molecule has 4 rings (SSSR count). The van der Waals surface area contributed by atoms with Gasteiger partial charge in [-0.15, -0.1) is 0 Å². The fourth-order valence-corrected chi connectivity index (χ4v) is 2.86. The zero-order valence-corrected chi connectivity index (χ0v) is 12.2. The lowest BCUT2D eigenvalue weighted by atomic mass is 9.95. The fraction of sp³-hybridized carbons (Fsp3) is 0.278. The number of benzene rings is 2. The highest BCUT2D eigenvalue weighted by Crippen LogP contribution is 2.54. The van der Waals surface area contributed by atoms with Crippen molar-refractivity contribution in [3.05, 3.63) is 59.7 Å². The van der Waals surface area contributed by atoms with Crippen LogP contribution in [0.25, 0.3) is 0 Å². The van der Waals surface area contributed by atoms with E-state index < -0.39 is 11.9 Å². The Morgan fingerprint density at radius 2 is 1.95 bits per heavy atom. The smallest absolute Gasteiger partial charge is 0.272 e. The van der Waals surface area contributed by atoms with Crippen molar-refractivity contribution >= 4 is 5.78 Å². The number of hydrogen-bond acceptors (Lipinski definition) is 4. The number of hydrogen-bond donors (Lipinski definition) is 0. The largest absolute Gasteiger partial charge is 0.493 e. The minimum atomic E-state index is -0.964. The third-order valence-corrected chi connectivity index (χ3v) is 3.95. The second-order valence-electron chi connectivity index (χ2n) is 5.48. The molecule has 0 aliphatic carbocycles. The monoisotopic (exact) mass is 296 g/mol. The van der Waals surface area contributed by atoms with Crippen LogP contribution >= 0.6 is 0 Å². The summed E-state index contributed by atoms with van der Waals surface area (Å²) in [6, 6.07) is 15.0. The minimum absolute atomic E-state index is 0.0724. The molecular weight excluding hydrogens is 280 g/mol. The summed E-state index contributed by atoms with van der Waals surface area (Å²) in [6.07, 6.45) is 0.292. The molecule has 2 aromatic rings. The quantitative estimate of drug-likeness (QED) is 0.812. The van der Waals surface area contributed by atoms with Crippen LogP contribution in [-0.4, -0.2) is 18.5 Å². The van der Waals surface area contributed by atoms with E-state index in [0.717, 1.165) is 12.0 Å². The first-order valence-corrected chi connectivity index (χ1v) is 7.48. The van der Waals surface area contributed by atoms with Gasteiger partial charge in [0.2, 0.25) is 5.78 Å². The molecule has 0 spiro atoms. The topological polar surface area (TPSA) is 48.1 Å². The Kier molecular flexibility index (Phi) is 2.94. The number of epoxide rings is 1. The molecule has 0 saturated carbocycles. The molecule has 2 aromatic carbocycles. The van der Waals surface area contributed by atoms with Crippen molar-refractivity contribution in [3.8, 4) is 11.5 Å². The Morgan fingerprint density at radius 3 is 2.73 bits per heavy atom. The van der Waals surface area contributed by atoms with Gasteiger partial charge in [-0.1, -0.05) is 43.3 Å². The zero-order chi connectivity index (χ0) is 15.2. The lowest BCUT2D eigenvalue weighted by Crippen LogP contribution is -2.31. The maximum atomic E-state index is 12.7. The maximum Gasteiger partial charge on any atom is 0.272 e. The Hall–Kier alpha value is -2.33. The van der Waals surface area contributed by atoms with E-state index in [-0.39, 0.29) is 5.78 Å². The normalized spacial score (nSPS) is 25.0. The molecular formula is C18H16O4. The van der Waals surface area contributed by atoms with E-state index in [1.165, 1.54) is 0 Å². The molecule has 2 atom stereocenters. The number of carbonyl (C=O) groups is 1. The van der Waals surface area contributed by atoms with E-state index in [1.54, 1.807) is 12.1 Å². The summed E-state index contributed by atoms with van der Waals surface area (Å²) in [4.78, 5) is 12.7. The van der Waals surface area contributed by atoms with Gasteiger partial charge in [0.25, 0.3) is 5.79 Å². The Bertz CT molecular complexity index is 725. The third-order valence-electron chi connectivity index (χ3n) is 3.95. The van der Waals surface area contributed by atoms with Gasteiger partial charge < -0.3 is 14.2 Å². The SMILES string of the molecule is CCCOc1cccc2c1C(=O)C1OC1(c1ccccc1)O2. The summed E-state index contributed by atoms with van der Waals surface area (Å²) < 4.78 is 17.4. The summed E-state index contributed by atoms with van der Waals surface area (Å²) in [5, 5.41) is 0. The molecule has 2 aliphatic heterocycles. The number of ketones is 1. The van der Waals surface area contributed by atoms with Crippen LogP contribution in [0.1, 0.15) is 29.3 Å². The summed E-state index contributed by atoms with van der Waals surface area (Å²) in [5.74, 6) is 0.0591. The van der Waals surface area contributed by atoms with Crippen molar-refractivity contribution in [2.24, 2.45) is 0 Å². The Labute approximate surface area is 128 Å². The molecule has 22 heavy (non-hydrogen) atoms. The highest BCUT2D eigenvalue weighted by Gasteiger charge is 2.68. The second-order valence-corrected chi connectivity index (χ2v) is 5.48. The van der Waals surface area contributed by atoms with Gasteiger partial charge in [-0.25, -0.2) is 0 Å². The van der Waals surface area contributed by atoms with Crippen LogP contribution in [0.3, 0.4) is 0 Å². The van der Waals surface area contributed by atoms with Crippen LogP contribution in [0.4, 0.5) is 0 Å². The van der Waals surface area contributed by atoms with E-state index in [4.69, 9.17) is 14.2 Å². The number of ether oxygens (including phenoxy) is 3. The molecule has 1 fully saturated rings. The Balaban J connectivity index is 1.74. The molecule has 2 unspecified atom stereocenters. The third kappa shape index (κ3) is 1.84. The number of rotatable bonds is 4. The van der Waals surface area contributed by atoms with E-state index in [2.05, 4.69) is 0 Å².